The third kappa shape index (κ3) is 2.91. The summed E-state index contributed by atoms with van der Waals surface area (Å²) in [6.45, 7) is 0. The summed E-state index contributed by atoms with van der Waals surface area (Å²) in [5.41, 5.74) is 0.956. The normalized spacial score (nSPS) is 12.7. The molecule has 2 rings (SSSR count). The van der Waals surface area contributed by atoms with E-state index in [1.165, 1.54) is 4.88 Å². The lowest BCUT2D eigenvalue weighted by molar-refractivity contribution is 0.179. The molecule has 1 aromatic heterocycles. The molecule has 1 nitrogen and oxygen atoms in total. The van der Waals surface area contributed by atoms with Crippen LogP contribution in [0.25, 0.3) is 0 Å². The number of halogens is 1. The zero-order valence-electron chi connectivity index (χ0n) is 8.06. The van der Waals surface area contributed by atoms with Crippen molar-refractivity contribution in [3.8, 4) is 0 Å². The van der Waals surface area contributed by atoms with Gasteiger partial charge in [0, 0.05) is 15.8 Å². The average Bonchev–Trinajstić information content (AvgIpc) is 2.70. The Balaban J connectivity index is 2.11. The number of thiophene rings is 1. The highest BCUT2D eigenvalue weighted by Crippen LogP contribution is 2.23. The number of aliphatic hydroxyl groups is 1. The van der Waals surface area contributed by atoms with Gasteiger partial charge in [-0.1, -0.05) is 34.1 Å². The first-order valence-electron chi connectivity index (χ1n) is 4.71. The molecule has 0 saturated carbocycles. The molecule has 1 atom stereocenters. The first kappa shape index (κ1) is 10.9. The van der Waals surface area contributed by atoms with Crippen molar-refractivity contribution in [2.75, 3.05) is 0 Å². The summed E-state index contributed by atoms with van der Waals surface area (Å²) in [5, 5.41) is 12.0. The maximum absolute atomic E-state index is 10.0. The molecular formula is C12H11BrOS. The van der Waals surface area contributed by atoms with Gasteiger partial charge in [0.05, 0.1) is 6.10 Å². The smallest absolute Gasteiger partial charge is 0.0838 e. The van der Waals surface area contributed by atoms with Crippen molar-refractivity contribution in [3.63, 3.8) is 0 Å². The van der Waals surface area contributed by atoms with E-state index in [0.29, 0.717) is 6.42 Å². The fraction of sp³-hybridized carbons (Fsp3) is 0.167. The van der Waals surface area contributed by atoms with Crippen molar-refractivity contribution in [2.24, 2.45) is 0 Å². The fourth-order valence-electron chi connectivity index (χ4n) is 1.45. The first-order chi connectivity index (χ1) is 7.25. The summed E-state index contributed by atoms with van der Waals surface area (Å²) in [4.78, 5) is 1.21. The first-order valence-corrected chi connectivity index (χ1v) is 6.39. The Morgan fingerprint density at radius 2 is 2.13 bits per heavy atom. The Morgan fingerprint density at radius 3 is 2.80 bits per heavy atom. The molecule has 1 aromatic carbocycles. The van der Waals surface area contributed by atoms with Crippen LogP contribution in [0.2, 0.25) is 0 Å². The second-order valence-electron chi connectivity index (χ2n) is 3.35. The minimum Gasteiger partial charge on any atom is -0.388 e. The number of aliphatic hydroxyl groups excluding tert-OH is 1. The zero-order chi connectivity index (χ0) is 10.7. The molecule has 0 aliphatic heterocycles. The van der Waals surface area contributed by atoms with Crippen LogP contribution in [0.4, 0.5) is 0 Å². The topological polar surface area (TPSA) is 20.2 Å². The second-order valence-corrected chi connectivity index (χ2v) is 5.30. The maximum atomic E-state index is 10.0. The average molecular weight is 283 g/mol. The van der Waals surface area contributed by atoms with Gasteiger partial charge in [0.1, 0.15) is 0 Å². The quantitative estimate of drug-likeness (QED) is 0.908. The molecule has 0 amide bonds. The Kier molecular flexibility index (Phi) is 3.57. The van der Waals surface area contributed by atoms with E-state index >= 15 is 0 Å². The van der Waals surface area contributed by atoms with Crippen molar-refractivity contribution < 1.29 is 5.11 Å². The van der Waals surface area contributed by atoms with Gasteiger partial charge in [0.15, 0.2) is 0 Å². The van der Waals surface area contributed by atoms with Gasteiger partial charge in [-0.15, -0.1) is 11.3 Å². The van der Waals surface area contributed by atoms with Gasteiger partial charge >= 0.3 is 0 Å². The molecule has 0 saturated heterocycles. The summed E-state index contributed by atoms with van der Waals surface area (Å²) in [6.07, 6.45) is 0.273. The summed E-state index contributed by atoms with van der Waals surface area (Å²) in [7, 11) is 0. The Morgan fingerprint density at radius 1 is 1.27 bits per heavy atom. The van der Waals surface area contributed by atoms with E-state index in [4.69, 9.17) is 0 Å². The van der Waals surface area contributed by atoms with Crippen LogP contribution in [-0.4, -0.2) is 5.11 Å². The summed E-state index contributed by atoms with van der Waals surface area (Å²) in [6, 6.07) is 11.9. The van der Waals surface area contributed by atoms with E-state index in [1.54, 1.807) is 11.3 Å². The van der Waals surface area contributed by atoms with Crippen LogP contribution in [0.5, 0.6) is 0 Å². The van der Waals surface area contributed by atoms with Crippen molar-refractivity contribution in [3.05, 3.63) is 56.7 Å². The largest absolute Gasteiger partial charge is 0.388 e. The van der Waals surface area contributed by atoms with Crippen LogP contribution in [0, 0.1) is 0 Å². The lowest BCUT2D eigenvalue weighted by Gasteiger charge is -2.09. The minimum atomic E-state index is -0.416. The third-order valence-corrected chi connectivity index (χ3v) is 3.60. The van der Waals surface area contributed by atoms with E-state index in [0.717, 1.165) is 10.0 Å². The minimum absolute atomic E-state index is 0.416. The van der Waals surface area contributed by atoms with Crippen molar-refractivity contribution in [2.45, 2.75) is 12.5 Å². The molecular weight excluding hydrogens is 272 g/mol. The summed E-state index contributed by atoms with van der Waals surface area (Å²) in [5.74, 6) is 0. The van der Waals surface area contributed by atoms with Crippen LogP contribution >= 0.6 is 27.3 Å². The molecule has 3 heteroatoms. The molecule has 78 valence electrons. The molecule has 0 aliphatic carbocycles. The molecule has 0 bridgehead atoms. The SMILES string of the molecule is OC(Cc1cccs1)c1cccc(Br)c1. The molecule has 1 N–H and O–H groups in total. The van der Waals surface area contributed by atoms with E-state index in [9.17, 15) is 5.11 Å². The van der Waals surface area contributed by atoms with Gasteiger partial charge in [-0.2, -0.15) is 0 Å². The fourth-order valence-corrected chi connectivity index (χ4v) is 2.61. The lowest BCUT2D eigenvalue weighted by Crippen LogP contribution is -2.00. The van der Waals surface area contributed by atoms with Crippen molar-refractivity contribution >= 4 is 27.3 Å². The Hall–Kier alpha value is -0.640. The van der Waals surface area contributed by atoms with Gasteiger partial charge in [0.25, 0.3) is 0 Å². The van der Waals surface area contributed by atoms with Gasteiger partial charge in [-0.05, 0) is 29.1 Å². The number of hydrogen-bond acceptors (Lipinski definition) is 2. The molecule has 1 heterocycles. The van der Waals surface area contributed by atoms with Gasteiger partial charge in [-0.25, -0.2) is 0 Å². The van der Waals surface area contributed by atoms with E-state index in [1.807, 2.05) is 41.8 Å². The van der Waals surface area contributed by atoms with Crippen LogP contribution in [-0.2, 0) is 6.42 Å². The van der Waals surface area contributed by atoms with E-state index < -0.39 is 6.10 Å². The predicted octanol–water partition coefficient (Wildman–Crippen LogP) is 3.79. The molecule has 15 heavy (non-hydrogen) atoms. The van der Waals surface area contributed by atoms with E-state index in [-0.39, 0.29) is 0 Å². The predicted molar refractivity (Wildman–Crippen MR) is 67.1 cm³/mol. The maximum Gasteiger partial charge on any atom is 0.0838 e. The van der Waals surface area contributed by atoms with Gasteiger partial charge in [-0.3, -0.25) is 0 Å². The van der Waals surface area contributed by atoms with Crippen LogP contribution < -0.4 is 0 Å². The molecule has 1 unspecified atom stereocenters. The molecule has 0 spiro atoms. The standard InChI is InChI=1S/C12H11BrOS/c13-10-4-1-3-9(7-10)12(14)8-11-5-2-6-15-11/h1-7,12,14H,8H2. The van der Waals surface area contributed by atoms with Crippen LogP contribution in [0.3, 0.4) is 0 Å². The van der Waals surface area contributed by atoms with Crippen molar-refractivity contribution in [1.82, 2.24) is 0 Å². The Labute approximate surface area is 102 Å². The highest BCUT2D eigenvalue weighted by molar-refractivity contribution is 9.10. The van der Waals surface area contributed by atoms with Crippen molar-refractivity contribution in [1.29, 1.82) is 0 Å². The van der Waals surface area contributed by atoms with Crippen LogP contribution in [0.1, 0.15) is 16.5 Å². The lowest BCUT2D eigenvalue weighted by atomic mass is 10.1. The number of rotatable bonds is 3. The van der Waals surface area contributed by atoms with E-state index in [2.05, 4.69) is 15.9 Å². The highest BCUT2D eigenvalue weighted by Gasteiger charge is 2.09. The monoisotopic (exact) mass is 282 g/mol. The molecule has 0 radical (unpaired) electrons. The number of benzene rings is 1. The molecule has 2 aromatic rings. The molecule has 0 fully saturated rings. The van der Waals surface area contributed by atoms with Gasteiger partial charge in [0.2, 0.25) is 0 Å². The van der Waals surface area contributed by atoms with Gasteiger partial charge < -0.3 is 5.11 Å². The Bertz CT molecular complexity index is 425. The highest BCUT2D eigenvalue weighted by atomic mass is 79.9. The molecule has 0 aliphatic rings. The zero-order valence-corrected chi connectivity index (χ0v) is 10.5. The van der Waals surface area contributed by atoms with Crippen LogP contribution in [0.15, 0.2) is 46.3 Å². The third-order valence-electron chi connectivity index (χ3n) is 2.21. The second kappa shape index (κ2) is 4.92. The summed E-state index contributed by atoms with van der Waals surface area (Å²) < 4.78 is 1.00. The summed E-state index contributed by atoms with van der Waals surface area (Å²) >= 11 is 5.08. The number of hydrogen-bond donors (Lipinski definition) is 1.